The smallest absolute Gasteiger partial charge is 0.246 e. The number of rotatable bonds is 12. The molecule has 0 aromatic heterocycles. The van der Waals surface area contributed by atoms with Crippen LogP contribution in [0.15, 0.2) is 109 Å². The summed E-state index contributed by atoms with van der Waals surface area (Å²) in [6.45, 7) is 7.89. The van der Waals surface area contributed by atoms with E-state index < -0.39 is 0 Å². The lowest BCUT2D eigenvalue weighted by molar-refractivity contribution is -0.137. The molecular weight excluding hydrogens is 596 g/mol. The maximum Gasteiger partial charge on any atom is 0.246 e. The van der Waals surface area contributed by atoms with Crippen LogP contribution < -0.4 is 29.6 Å². The highest BCUT2D eigenvalue weighted by molar-refractivity contribution is 5.77. The Kier molecular flexibility index (Phi) is 12.9. The highest BCUT2D eigenvalue weighted by atomic mass is 16.6. The van der Waals surface area contributed by atoms with Gasteiger partial charge >= 0.3 is 0 Å². The quantitative estimate of drug-likeness (QED) is 0.197. The van der Waals surface area contributed by atoms with E-state index in [1.54, 1.807) is 0 Å². The van der Waals surface area contributed by atoms with Crippen molar-refractivity contribution >= 4 is 5.91 Å². The number of carbonyl (C=O) groups is 1. The number of ether oxygens (including phenoxy) is 6. The molecule has 2 aliphatic heterocycles. The van der Waals surface area contributed by atoms with Gasteiger partial charge in [0.15, 0.2) is 35.2 Å². The zero-order valence-corrected chi connectivity index (χ0v) is 27.0. The van der Waals surface area contributed by atoms with Gasteiger partial charge in [-0.15, -0.1) is 0 Å². The fraction of sp³-hybridized carbons (Fsp3) is 0.342. The number of morpholine rings is 2. The normalized spacial score (nSPS) is 18.8. The number of amides is 1. The van der Waals surface area contributed by atoms with Crippen LogP contribution in [0.25, 0.3) is 0 Å². The second-order valence-corrected chi connectivity index (χ2v) is 10.9. The first-order chi connectivity index (χ1) is 23.2. The lowest BCUT2D eigenvalue weighted by Gasteiger charge is -2.32. The molecule has 9 heteroatoms. The van der Waals surface area contributed by atoms with Gasteiger partial charge in [-0.2, -0.15) is 0 Å². The molecule has 2 heterocycles. The summed E-state index contributed by atoms with van der Waals surface area (Å²) in [5.74, 6) is 2.76. The van der Waals surface area contributed by atoms with Crippen molar-refractivity contribution in [3.05, 3.63) is 120 Å². The lowest BCUT2D eigenvalue weighted by Crippen LogP contribution is -2.46. The Labute approximate surface area is 277 Å². The van der Waals surface area contributed by atoms with E-state index in [1.807, 2.05) is 111 Å². The minimum atomic E-state index is -0.339. The van der Waals surface area contributed by atoms with E-state index in [0.717, 1.165) is 35.7 Å². The molecule has 0 bridgehead atoms. The third kappa shape index (κ3) is 9.71. The average Bonchev–Trinajstić information content (AvgIpc) is 3.13. The van der Waals surface area contributed by atoms with Crippen molar-refractivity contribution in [3.63, 3.8) is 0 Å². The van der Waals surface area contributed by atoms with Crippen molar-refractivity contribution in [1.82, 2.24) is 10.6 Å². The average molecular weight is 641 g/mol. The molecule has 4 aromatic carbocycles. The molecule has 0 spiro atoms. The molecule has 2 saturated heterocycles. The van der Waals surface area contributed by atoms with Crippen molar-refractivity contribution in [2.75, 3.05) is 46.1 Å². The summed E-state index contributed by atoms with van der Waals surface area (Å²) >= 11 is 0. The molecule has 6 rings (SSSR count). The molecule has 4 aromatic rings. The molecule has 248 valence electrons. The molecule has 4 atom stereocenters. The zero-order valence-electron chi connectivity index (χ0n) is 27.0. The van der Waals surface area contributed by atoms with Crippen LogP contribution in [-0.2, 0) is 14.3 Å². The number of nitrogens with one attached hydrogen (secondary N) is 2. The maximum absolute atomic E-state index is 11.4. The Morgan fingerprint density at radius 3 is 1.53 bits per heavy atom. The highest BCUT2D eigenvalue weighted by Crippen LogP contribution is 2.35. The van der Waals surface area contributed by atoms with Crippen molar-refractivity contribution in [1.29, 1.82) is 0 Å². The maximum atomic E-state index is 11.4. The molecule has 47 heavy (non-hydrogen) atoms. The van der Waals surface area contributed by atoms with Gasteiger partial charge in [-0.3, -0.25) is 4.79 Å². The van der Waals surface area contributed by atoms with Crippen LogP contribution in [-0.4, -0.2) is 64.2 Å². The second-order valence-electron chi connectivity index (χ2n) is 10.9. The standard InChI is InChI=1S/C19H21NO4.C19H23NO3/c1-2-22-15-10-6-7-11-16(15)24-19(14-8-4-3-5-9-14)17-12-20-18(21)13-23-17;1-2-21-16-10-6-7-11-17(16)23-19(15-8-4-3-5-9-15)18-14-20-12-13-22-18/h3-11,17,19H,2,12-13H2,1H3,(H,20,21);3-11,18-20H,2,12-14H2,1H3/t17-,19-;18-,19-/m00/s1. The van der Waals surface area contributed by atoms with Gasteiger partial charge < -0.3 is 39.1 Å². The topological polar surface area (TPSA) is 96.5 Å². The largest absolute Gasteiger partial charge is 0.490 e. The van der Waals surface area contributed by atoms with E-state index in [4.69, 9.17) is 28.4 Å². The molecule has 0 radical (unpaired) electrons. The van der Waals surface area contributed by atoms with Crippen molar-refractivity contribution < 1.29 is 33.2 Å². The molecular formula is C38H44N2O7. The summed E-state index contributed by atoms with van der Waals surface area (Å²) in [4.78, 5) is 11.4. The molecule has 2 aliphatic rings. The van der Waals surface area contributed by atoms with Crippen molar-refractivity contribution in [2.24, 2.45) is 0 Å². The van der Waals surface area contributed by atoms with Crippen LogP contribution >= 0.6 is 0 Å². The van der Waals surface area contributed by atoms with E-state index in [1.165, 1.54) is 0 Å². The summed E-state index contributed by atoms with van der Waals surface area (Å²) in [6, 6.07) is 35.4. The van der Waals surface area contributed by atoms with E-state index in [-0.39, 0.29) is 36.9 Å². The molecule has 0 unspecified atom stereocenters. The third-order valence-corrected chi connectivity index (χ3v) is 7.62. The first-order valence-corrected chi connectivity index (χ1v) is 16.2. The summed E-state index contributed by atoms with van der Waals surface area (Å²) in [5.41, 5.74) is 2.09. The van der Waals surface area contributed by atoms with Gasteiger partial charge in [0.05, 0.1) is 19.8 Å². The second kappa shape index (κ2) is 17.9. The Morgan fingerprint density at radius 2 is 1.11 bits per heavy atom. The van der Waals surface area contributed by atoms with Gasteiger partial charge in [-0.1, -0.05) is 84.9 Å². The van der Waals surface area contributed by atoms with E-state index >= 15 is 0 Å². The number of hydrogen-bond donors (Lipinski definition) is 2. The van der Waals surface area contributed by atoms with Crippen LogP contribution in [0.3, 0.4) is 0 Å². The summed E-state index contributed by atoms with van der Waals surface area (Å²) in [5, 5.41) is 6.21. The predicted octanol–water partition coefficient (Wildman–Crippen LogP) is 5.91. The fourth-order valence-corrected chi connectivity index (χ4v) is 5.40. The molecule has 1 amide bonds. The molecule has 9 nitrogen and oxygen atoms in total. The van der Waals surface area contributed by atoms with Crippen LogP contribution in [0.2, 0.25) is 0 Å². The summed E-state index contributed by atoms with van der Waals surface area (Å²) in [6.07, 6.45) is -0.806. The number of para-hydroxylation sites is 4. The number of hydrogen-bond acceptors (Lipinski definition) is 8. The highest BCUT2D eigenvalue weighted by Gasteiger charge is 2.31. The summed E-state index contributed by atoms with van der Waals surface area (Å²) in [7, 11) is 0. The van der Waals surface area contributed by atoms with E-state index in [9.17, 15) is 4.79 Å². The van der Waals surface area contributed by atoms with Crippen LogP contribution in [0, 0.1) is 0 Å². The third-order valence-electron chi connectivity index (χ3n) is 7.62. The minimum absolute atomic E-state index is 0.0270. The van der Waals surface area contributed by atoms with Crippen LogP contribution in [0.1, 0.15) is 37.2 Å². The van der Waals surface area contributed by atoms with Gasteiger partial charge in [-0.05, 0) is 49.2 Å². The van der Waals surface area contributed by atoms with Gasteiger partial charge in [0.2, 0.25) is 5.91 Å². The van der Waals surface area contributed by atoms with Gasteiger partial charge in [0, 0.05) is 19.6 Å². The zero-order chi connectivity index (χ0) is 32.7. The molecule has 2 fully saturated rings. The van der Waals surface area contributed by atoms with E-state index in [0.29, 0.717) is 37.9 Å². The number of carbonyl (C=O) groups excluding carboxylic acids is 1. The first-order valence-electron chi connectivity index (χ1n) is 16.2. The van der Waals surface area contributed by atoms with Gasteiger partial charge in [0.25, 0.3) is 0 Å². The Hall–Kier alpha value is -4.57. The minimum Gasteiger partial charge on any atom is -0.490 e. The van der Waals surface area contributed by atoms with Crippen molar-refractivity contribution in [2.45, 2.75) is 38.3 Å². The van der Waals surface area contributed by atoms with Crippen LogP contribution in [0.4, 0.5) is 0 Å². The molecule has 0 aliphatic carbocycles. The monoisotopic (exact) mass is 640 g/mol. The van der Waals surface area contributed by atoms with Gasteiger partial charge in [-0.25, -0.2) is 0 Å². The SMILES string of the molecule is CCOc1ccccc1O[C@@H](c1ccccc1)[C@@H]1CNC(=O)CO1.CCOc1ccccc1O[C@@H](c1ccccc1)[C@@H]1CNCCO1. The van der Waals surface area contributed by atoms with Crippen molar-refractivity contribution in [3.8, 4) is 23.0 Å². The van der Waals surface area contributed by atoms with Gasteiger partial charge in [0.1, 0.15) is 18.8 Å². The van der Waals surface area contributed by atoms with E-state index in [2.05, 4.69) is 22.8 Å². The number of benzene rings is 4. The Balaban J connectivity index is 0.000000185. The Bertz CT molecular complexity index is 1490. The fourth-order valence-electron chi connectivity index (χ4n) is 5.40. The lowest BCUT2D eigenvalue weighted by atomic mass is 10.0. The first kappa shape index (κ1) is 33.8. The Morgan fingerprint density at radius 1 is 0.638 bits per heavy atom. The predicted molar refractivity (Wildman–Crippen MR) is 180 cm³/mol. The molecule has 0 saturated carbocycles. The van der Waals surface area contributed by atoms with Crippen LogP contribution in [0.5, 0.6) is 23.0 Å². The molecule has 2 N–H and O–H groups in total. The summed E-state index contributed by atoms with van der Waals surface area (Å²) < 4.78 is 35.6.